The van der Waals surface area contributed by atoms with Crippen molar-refractivity contribution in [1.82, 2.24) is 30.4 Å². The van der Waals surface area contributed by atoms with Crippen LogP contribution >= 0.6 is 24.8 Å². The molecule has 1 aromatic carbocycles. The van der Waals surface area contributed by atoms with Gasteiger partial charge in [0.2, 0.25) is 11.9 Å². The average molecular weight is 414 g/mol. The van der Waals surface area contributed by atoms with Crippen LogP contribution in [0.5, 0.6) is 0 Å². The zero-order valence-corrected chi connectivity index (χ0v) is 16.7. The van der Waals surface area contributed by atoms with E-state index in [0.29, 0.717) is 24.2 Å². The van der Waals surface area contributed by atoms with Crippen molar-refractivity contribution in [3.63, 3.8) is 0 Å². The highest BCUT2D eigenvalue weighted by atomic mass is 35.5. The van der Waals surface area contributed by atoms with Crippen LogP contribution in [0.2, 0.25) is 0 Å². The van der Waals surface area contributed by atoms with Crippen LogP contribution in [-0.4, -0.2) is 63.2 Å². The van der Waals surface area contributed by atoms with E-state index in [9.17, 15) is 4.79 Å². The summed E-state index contributed by atoms with van der Waals surface area (Å²) in [6.07, 6.45) is 0.685. The molecule has 0 aliphatic carbocycles. The minimum Gasteiger partial charge on any atom is -0.341 e. The average Bonchev–Trinajstić information content (AvgIpc) is 3.35. The fourth-order valence-electron chi connectivity index (χ4n) is 3.77. The Hall–Kier alpha value is -1.90. The zero-order chi connectivity index (χ0) is 17.2. The second kappa shape index (κ2) is 9.34. The molecule has 148 valence electrons. The Balaban J connectivity index is 0.00000131. The van der Waals surface area contributed by atoms with Gasteiger partial charge in [-0.05, 0) is 40.8 Å². The Morgan fingerprint density at radius 3 is 2.52 bits per heavy atom. The van der Waals surface area contributed by atoms with Crippen molar-refractivity contribution in [2.75, 3.05) is 31.5 Å². The number of carbonyl (C=O) groups excluding carboxylic acids is 1. The fraction of sp³-hybridized carbons (Fsp3) is 0.529. The lowest BCUT2D eigenvalue weighted by Crippen LogP contribution is -2.43. The van der Waals surface area contributed by atoms with Crippen molar-refractivity contribution in [2.45, 2.75) is 19.4 Å². The number of hydrogen-bond donors (Lipinski definition) is 2. The van der Waals surface area contributed by atoms with Gasteiger partial charge in [-0.3, -0.25) is 4.79 Å². The van der Waals surface area contributed by atoms with E-state index < -0.39 is 0 Å². The van der Waals surface area contributed by atoms with Gasteiger partial charge in [0.1, 0.15) is 6.04 Å². The van der Waals surface area contributed by atoms with Crippen LogP contribution in [0.1, 0.15) is 13.3 Å². The number of para-hydroxylation sites is 1. The minimum absolute atomic E-state index is 0. The van der Waals surface area contributed by atoms with Gasteiger partial charge in [-0.2, -0.15) is 4.68 Å². The van der Waals surface area contributed by atoms with E-state index >= 15 is 0 Å². The maximum atomic E-state index is 12.9. The third kappa shape index (κ3) is 4.34. The molecule has 1 amide bonds. The summed E-state index contributed by atoms with van der Waals surface area (Å²) in [5, 5.41) is 18.5. The molecule has 3 atom stereocenters. The Bertz CT molecular complexity index is 730. The number of nitrogens with one attached hydrogen (secondary N) is 2. The van der Waals surface area contributed by atoms with Gasteiger partial charge in [-0.15, -0.1) is 24.8 Å². The number of aromatic nitrogens is 4. The molecule has 10 heteroatoms. The lowest BCUT2D eigenvalue weighted by atomic mass is 10.0. The summed E-state index contributed by atoms with van der Waals surface area (Å²) in [4.78, 5) is 14.9. The first kappa shape index (κ1) is 21.4. The van der Waals surface area contributed by atoms with E-state index in [2.05, 4.69) is 26.2 Å². The highest BCUT2D eigenvalue weighted by Crippen LogP contribution is 2.27. The minimum atomic E-state index is -0.319. The zero-order valence-electron chi connectivity index (χ0n) is 15.1. The van der Waals surface area contributed by atoms with Gasteiger partial charge >= 0.3 is 0 Å². The molecule has 1 unspecified atom stereocenters. The summed E-state index contributed by atoms with van der Waals surface area (Å²) in [7, 11) is 0. The number of rotatable bonds is 5. The van der Waals surface area contributed by atoms with Gasteiger partial charge in [0.05, 0.1) is 5.69 Å². The van der Waals surface area contributed by atoms with Crippen LogP contribution in [-0.2, 0) is 4.79 Å². The quantitative estimate of drug-likeness (QED) is 0.769. The van der Waals surface area contributed by atoms with Crippen LogP contribution in [0, 0.1) is 11.8 Å². The van der Waals surface area contributed by atoms with Crippen molar-refractivity contribution in [1.29, 1.82) is 0 Å². The van der Waals surface area contributed by atoms with Gasteiger partial charge in [0.15, 0.2) is 0 Å². The predicted octanol–water partition coefficient (Wildman–Crippen LogP) is 1.37. The third-order valence-corrected chi connectivity index (χ3v) is 5.18. The number of nitrogens with zero attached hydrogens (tertiary/aromatic N) is 5. The molecule has 3 heterocycles. The van der Waals surface area contributed by atoms with Gasteiger partial charge in [-0.1, -0.05) is 30.2 Å². The number of fused-ring (bicyclic) bond motifs is 1. The molecule has 0 spiro atoms. The normalized spacial score (nSPS) is 21.7. The smallest absolute Gasteiger partial charge is 0.248 e. The molecule has 1 aromatic heterocycles. The van der Waals surface area contributed by atoms with E-state index in [1.54, 1.807) is 4.68 Å². The SMILES string of the molecule is CCC(Nc1nnnn1-c1ccccc1)C(=O)N1C[C@H]2CNC[C@H]2C1.Cl.Cl. The summed E-state index contributed by atoms with van der Waals surface area (Å²) in [6, 6.07) is 9.34. The van der Waals surface area contributed by atoms with Crippen molar-refractivity contribution in [3.05, 3.63) is 30.3 Å². The Morgan fingerprint density at radius 1 is 1.22 bits per heavy atom. The number of likely N-dealkylation sites (tertiary alicyclic amines) is 1. The molecule has 0 bridgehead atoms. The molecule has 2 aromatic rings. The summed E-state index contributed by atoms with van der Waals surface area (Å²) >= 11 is 0. The monoisotopic (exact) mass is 413 g/mol. The summed E-state index contributed by atoms with van der Waals surface area (Å²) in [6.45, 7) is 5.73. The van der Waals surface area contributed by atoms with Crippen LogP contribution in [0.4, 0.5) is 5.95 Å². The summed E-state index contributed by atoms with van der Waals surface area (Å²) in [5.41, 5.74) is 0.860. The lowest BCUT2D eigenvalue weighted by Gasteiger charge is -2.24. The van der Waals surface area contributed by atoms with Crippen LogP contribution in [0.25, 0.3) is 5.69 Å². The highest BCUT2D eigenvalue weighted by Gasteiger charge is 2.39. The fourth-order valence-corrected chi connectivity index (χ4v) is 3.77. The number of benzene rings is 1. The number of anilines is 1. The molecule has 8 nitrogen and oxygen atoms in total. The molecule has 0 radical (unpaired) electrons. The number of halogens is 2. The van der Waals surface area contributed by atoms with E-state index in [0.717, 1.165) is 31.9 Å². The second-order valence-electron chi connectivity index (χ2n) is 6.78. The number of hydrogen-bond acceptors (Lipinski definition) is 6. The molecule has 2 fully saturated rings. The Kier molecular flexibility index (Phi) is 7.41. The van der Waals surface area contributed by atoms with Gasteiger partial charge < -0.3 is 15.5 Å². The van der Waals surface area contributed by atoms with Crippen molar-refractivity contribution >= 4 is 36.7 Å². The molecule has 2 aliphatic rings. The first-order valence-corrected chi connectivity index (χ1v) is 8.86. The van der Waals surface area contributed by atoms with Crippen molar-refractivity contribution < 1.29 is 4.79 Å². The second-order valence-corrected chi connectivity index (χ2v) is 6.78. The first-order chi connectivity index (χ1) is 12.3. The molecule has 2 aliphatic heterocycles. The number of amides is 1. The largest absolute Gasteiger partial charge is 0.341 e. The van der Waals surface area contributed by atoms with E-state index in [1.165, 1.54) is 0 Å². The molecule has 4 rings (SSSR count). The molecule has 2 N–H and O–H groups in total. The number of carbonyl (C=O) groups is 1. The Morgan fingerprint density at radius 2 is 1.89 bits per heavy atom. The molecular formula is C17H25Cl2N7O. The van der Waals surface area contributed by atoms with Crippen molar-refractivity contribution in [2.24, 2.45) is 11.8 Å². The molecule has 2 saturated heterocycles. The van der Waals surface area contributed by atoms with E-state index in [4.69, 9.17) is 0 Å². The van der Waals surface area contributed by atoms with Gasteiger partial charge in [0.25, 0.3) is 0 Å². The summed E-state index contributed by atoms with van der Waals surface area (Å²) < 4.78 is 1.62. The summed E-state index contributed by atoms with van der Waals surface area (Å²) in [5.74, 6) is 1.82. The van der Waals surface area contributed by atoms with Crippen LogP contribution in [0.3, 0.4) is 0 Å². The standard InChI is InChI=1S/C17H23N7O.2ClH/c1-2-15(16(25)23-10-12-8-18-9-13(12)11-23)19-17-20-21-22-24(17)14-6-4-3-5-7-14;;/h3-7,12-13,15,18H,2,8-11H2,1H3,(H,19,20,22);2*1H/t12-,13+,15?;;. The van der Waals surface area contributed by atoms with E-state index in [1.807, 2.05) is 42.2 Å². The number of tetrazole rings is 1. The van der Waals surface area contributed by atoms with Gasteiger partial charge in [-0.25, -0.2) is 0 Å². The molecule has 27 heavy (non-hydrogen) atoms. The Labute approximate surface area is 170 Å². The maximum absolute atomic E-state index is 12.9. The lowest BCUT2D eigenvalue weighted by molar-refractivity contribution is -0.131. The van der Waals surface area contributed by atoms with Crippen LogP contribution < -0.4 is 10.6 Å². The molecule has 0 saturated carbocycles. The topological polar surface area (TPSA) is 88.0 Å². The van der Waals surface area contributed by atoms with Gasteiger partial charge in [0, 0.05) is 26.2 Å². The maximum Gasteiger partial charge on any atom is 0.248 e. The molecular weight excluding hydrogens is 389 g/mol. The highest BCUT2D eigenvalue weighted by molar-refractivity contribution is 5.86. The predicted molar refractivity (Wildman–Crippen MR) is 108 cm³/mol. The third-order valence-electron chi connectivity index (χ3n) is 5.18. The van der Waals surface area contributed by atoms with Crippen LogP contribution in [0.15, 0.2) is 30.3 Å². The first-order valence-electron chi connectivity index (χ1n) is 8.86. The van der Waals surface area contributed by atoms with E-state index in [-0.39, 0.29) is 36.8 Å². The van der Waals surface area contributed by atoms with Crippen molar-refractivity contribution in [3.8, 4) is 5.69 Å².